The molecule has 0 bridgehead atoms. The van der Waals surface area contributed by atoms with Crippen LogP contribution >= 0.6 is 0 Å². The number of benzene rings is 1. The Morgan fingerprint density at radius 2 is 1.96 bits per heavy atom. The van der Waals surface area contributed by atoms with Crippen LogP contribution in [0.4, 0.5) is 11.8 Å². The molecule has 1 saturated heterocycles. The van der Waals surface area contributed by atoms with Crippen LogP contribution in [0, 0.1) is 6.92 Å². The monoisotopic (exact) mass is 371 g/mol. The maximum absolute atomic E-state index is 6.17. The summed E-state index contributed by atoms with van der Waals surface area (Å²) in [4.78, 5) is 11.2. The Morgan fingerprint density at radius 1 is 1.19 bits per heavy atom. The number of ether oxygens (including phenoxy) is 2. The van der Waals surface area contributed by atoms with Gasteiger partial charge in [0.15, 0.2) is 11.5 Å². The summed E-state index contributed by atoms with van der Waals surface area (Å²) in [6.07, 6.45) is 3.62. The van der Waals surface area contributed by atoms with E-state index >= 15 is 0 Å². The molecule has 3 rings (SSSR count). The first-order valence-corrected chi connectivity index (χ1v) is 9.47. The molecule has 0 atom stereocenters. The first-order valence-electron chi connectivity index (χ1n) is 9.47. The Balaban J connectivity index is 1.75. The van der Waals surface area contributed by atoms with Crippen LogP contribution < -0.4 is 20.5 Å². The smallest absolute Gasteiger partial charge is 0.224 e. The lowest BCUT2D eigenvalue weighted by Crippen LogP contribution is -2.21. The summed E-state index contributed by atoms with van der Waals surface area (Å²) in [5, 5.41) is 2.92. The van der Waals surface area contributed by atoms with Crippen LogP contribution in [-0.4, -0.2) is 55.3 Å². The quantitative estimate of drug-likeness (QED) is 0.690. The topological polar surface area (TPSA) is 85.5 Å². The molecule has 27 heavy (non-hydrogen) atoms. The van der Waals surface area contributed by atoms with Gasteiger partial charge >= 0.3 is 0 Å². The molecule has 7 nitrogen and oxygen atoms in total. The number of methoxy groups -OCH3 is 1. The van der Waals surface area contributed by atoms with E-state index in [0.717, 1.165) is 29.8 Å². The van der Waals surface area contributed by atoms with Crippen LogP contribution in [0.2, 0.25) is 0 Å². The average molecular weight is 371 g/mol. The van der Waals surface area contributed by atoms with E-state index in [1.54, 1.807) is 14.2 Å². The zero-order valence-electron chi connectivity index (χ0n) is 16.4. The molecule has 1 aromatic heterocycles. The van der Waals surface area contributed by atoms with E-state index in [1.807, 2.05) is 25.1 Å². The molecular weight excluding hydrogens is 342 g/mol. The normalized spacial score (nSPS) is 14.3. The summed E-state index contributed by atoms with van der Waals surface area (Å²) in [5.74, 6) is 2.38. The second-order valence-corrected chi connectivity index (χ2v) is 6.76. The molecule has 2 aromatic rings. The van der Waals surface area contributed by atoms with Gasteiger partial charge < -0.3 is 25.4 Å². The molecule has 0 amide bonds. The van der Waals surface area contributed by atoms with Crippen molar-refractivity contribution in [3.8, 4) is 22.6 Å². The molecule has 0 spiro atoms. The number of hydrogen-bond acceptors (Lipinski definition) is 7. The van der Waals surface area contributed by atoms with Gasteiger partial charge in [0.05, 0.1) is 19.4 Å². The van der Waals surface area contributed by atoms with Gasteiger partial charge in [-0.2, -0.15) is 4.98 Å². The second-order valence-electron chi connectivity index (χ2n) is 6.76. The molecule has 1 aromatic carbocycles. The Bertz CT molecular complexity index is 752. The van der Waals surface area contributed by atoms with Crippen molar-refractivity contribution >= 4 is 11.8 Å². The van der Waals surface area contributed by atoms with Gasteiger partial charge in [-0.15, -0.1) is 0 Å². The molecule has 2 heterocycles. The number of nitrogens with two attached hydrogens (primary N) is 1. The van der Waals surface area contributed by atoms with E-state index in [9.17, 15) is 0 Å². The van der Waals surface area contributed by atoms with Gasteiger partial charge in [-0.1, -0.05) is 6.07 Å². The number of aryl methyl sites for hydroxylation is 1. The first-order chi connectivity index (χ1) is 13.1. The highest BCUT2D eigenvalue weighted by Gasteiger charge is 2.15. The summed E-state index contributed by atoms with van der Waals surface area (Å²) in [5.41, 5.74) is 8.73. The van der Waals surface area contributed by atoms with Crippen LogP contribution in [0.1, 0.15) is 25.0 Å². The van der Waals surface area contributed by atoms with Crippen molar-refractivity contribution < 1.29 is 9.47 Å². The van der Waals surface area contributed by atoms with E-state index < -0.39 is 0 Å². The Labute approximate surface area is 160 Å². The molecule has 1 aliphatic heterocycles. The summed E-state index contributed by atoms with van der Waals surface area (Å²) < 4.78 is 11.5. The maximum Gasteiger partial charge on any atom is 0.224 e. The fourth-order valence-electron chi connectivity index (χ4n) is 3.49. The fraction of sp³-hybridized carbons (Fsp3) is 0.500. The van der Waals surface area contributed by atoms with Crippen molar-refractivity contribution in [2.24, 2.45) is 0 Å². The van der Waals surface area contributed by atoms with E-state index in [2.05, 4.69) is 20.2 Å². The number of nitrogen functional groups attached to an aromatic ring is 1. The van der Waals surface area contributed by atoms with E-state index in [0.29, 0.717) is 29.9 Å². The lowest BCUT2D eigenvalue weighted by Gasteiger charge is -2.16. The molecule has 0 radical (unpaired) electrons. The molecule has 0 saturated carbocycles. The largest absolute Gasteiger partial charge is 0.493 e. The summed E-state index contributed by atoms with van der Waals surface area (Å²) in [6, 6.07) is 5.81. The Morgan fingerprint density at radius 3 is 2.63 bits per heavy atom. The van der Waals surface area contributed by atoms with Gasteiger partial charge in [-0.3, -0.25) is 0 Å². The highest BCUT2D eigenvalue weighted by molar-refractivity contribution is 5.78. The summed E-state index contributed by atoms with van der Waals surface area (Å²) in [6.45, 7) is 6.07. The summed E-state index contributed by atoms with van der Waals surface area (Å²) in [7, 11) is 3.42. The van der Waals surface area contributed by atoms with Crippen molar-refractivity contribution in [3.63, 3.8) is 0 Å². The molecule has 7 heteroatoms. The fourth-order valence-corrected chi connectivity index (χ4v) is 3.49. The van der Waals surface area contributed by atoms with Gasteiger partial charge in [0, 0.05) is 19.2 Å². The molecule has 3 N–H and O–H groups in total. The van der Waals surface area contributed by atoms with Gasteiger partial charge in [0.2, 0.25) is 5.95 Å². The standard InChI is InChI=1S/C20H29N5O2/c1-14-18(19(21)24-20(22-2)23-14)15-7-8-16(26-3)17(13-15)27-12-6-11-25-9-4-5-10-25/h7-8,13H,4-6,9-12H2,1-3H3,(H3,21,22,23,24). The first kappa shape index (κ1) is 19.2. The average Bonchev–Trinajstić information content (AvgIpc) is 3.18. The van der Waals surface area contributed by atoms with Crippen LogP contribution in [0.25, 0.3) is 11.1 Å². The SMILES string of the molecule is CNc1nc(C)c(-c2ccc(OC)c(OCCCN3CCCC3)c2)c(N)n1. The highest BCUT2D eigenvalue weighted by atomic mass is 16.5. The maximum atomic E-state index is 6.17. The molecule has 1 fully saturated rings. The summed E-state index contributed by atoms with van der Waals surface area (Å²) >= 11 is 0. The Hall–Kier alpha value is -2.54. The van der Waals surface area contributed by atoms with Gasteiger partial charge in [0.1, 0.15) is 5.82 Å². The number of nitrogens with one attached hydrogen (secondary N) is 1. The number of anilines is 2. The number of rotatable bonds is 8. The zero-order valence-corrected chi connectivity index (χ0v) is 16.4. The van der Waals surface area contributed by atoms with Gasteiger partial charge in [-0.25, -0.2) is 4.98 Å². The number of nitrogens with zero attached hydrogens (tertiary/aromatic N) is 3. The van der Waals surface area contributed by atoms with Crippen LogP contribution in [0.3, 0.4) is 0 Å². The predicted octanol–water partition coefficient (Wildman–Crippen LogP) is 2.95. The van der Waals surface area contributed by atoms with Crippen molar-refractivity contribution in [1.82, 2.24) is 14.9 Å². The van der Waals surface area contributed by atoms with E-state index in [4.69, 9.17) is 15.2 Å². The van der Waals surface area contributed by atoms with Gasteiger partial charge in [0.25, 0.3) is 0 Å². The number of hydrogen-bond donors (Lipinski definition) is 2. The second kappa shape index (κ2) is 8.90. The van der Waals surface area contributed by atoms with Crippen LogP contribution in [-0.2, 0) is 0 Å². The third-order valence-electron chi connectivity index (χ3n) is 4.87. The lowest BCUT2D eigenvalue weighted by molar-refractivity contribution is 0.254. The molecule has 1 aliphatic rings. The van der Waals surface area contributed by atoms with Crippen molar-refractivity contribution in [2.45, 2.75) is 26.2 Å². The third kappa shape index (κ3) is 4.60. The minimum Gasteiger partial charge on any atom is -0.493 e. The minimum absolute atomic E-state index is 0.442. The van der Waals surface area contributed by atoms with Crippen molar-refractivity contribution in [1.29, 1.82) is 0 Å². The van der Waals surface area contributed by atoms with Crippen LogP contribution in [0.15, 0.2) is 18.2 Å². The molecule has 146 valence electrons. The number of aromatic nitrogens is 2. The molecular formula is C20H29N5O2. The van der Waals surface area contributed by atoms with Crippen LogP contribution in [0.5, 0.6) is 11.5 Å². The highest BCUT2D eigenvalue weighted by Crippen LogP contribution is 2.35. The Kier molecular flexibility index (Phi) is 6.34. The predicted molar refractivity (Wildman–Crippen MR) is 109 cm³/mol. The lowest BCUT2D eigenvalue weighted by atomic mass is 10.0. The molecule has 0 aliphatic carbocycles. The van der Waals surface area contributed by atoms with E-state index in [1.165, 1.54) is 25.9 Å². The number of likely N-dealkylation sites (tertiary alicyclic amines) is 1. The molecule has 0 unspecified atom stereocenters. The minimum atomic E-state index is 0.442. The van der Waals surface area contributed by atoms with Crippen molar-refractivity contribution in [3.05, 3.63) is 23.9 Å². The third-order valence-corrected chi connectivity index (χ3v) is 4.87. The van der Waals surface area contributed by atoms with Gasteiger partial charge in [-0.05, 0) is 57.0 Å². The van der Waals surface area contributed by atoms with Crippen molar-refractivity contribution in [2.75, 3.05) is 51.4 Å². The zero-order chi connectivity index (χ0) is 19.2. The van der Waals surface area contributed by atoms with E-state index in [-0.39, 0.29) is 0 Å².